The molecule has 1 heterocycles. The van der Waals surface area contributed by atoms with Gasteiger partial charge in [-0.05, 0) is 19.1 Å². The minimum Gasteiger partial charge on any atom is -0.496 e. The molecule has 2 N–H and O–H groups in total. The topological polar surface area (TPSA) is 53.1 Å². The predicted octanol–water partition coefficient (Wildman–Crippen LogP) is 1.86. The first-order chi connectivity index (χ1) is 8.19. The molecule has 90 valence electrons. The van der Waals surface area contributed by atoms with Gasteiger partial charge in [-0.25, -0.2) is 4.98 Å². The molecule has 0 saturated heterocycles. The van der Waals surface area contributed by atoms with E-state index in [4.69, 9.17) is 10.5 Å². The first-order valence-electron chi connectivity index (χ1n) is 5.54. The highest BCUT2D eigenvalue weighted by Crippen LogP contribution is 2.31. The van der Waals surface area contributed by atoms with Crippen LogP contribution >= 0.6 is 0 Å². The van der Waals surface area contributed by atoms with E-state index in [9.17, 15) is 0 Å². The largest absolute Gasteiger partial charge is 0.496 e. The van der Waals surface area contributed by atoms with Crippen LogP contribution in [0.25, 0.3) is 11.3 Å². The Bertz CT molecular complexity index is 531. The lowest BCUT2D eigenvalue weighted by Gasteiger charge is -2.08. The second-order valence-corrected chi connectivity index (χ2v) is 3.92. The van der Waals surface area contributed by atoms with Gasteiger partial charge in [0.05, 0.1) is 18.5 Å². The van der Waals surface area contributed by atoms with E-state index in [-0.39, 0.29) is 0 Å². The summed E-state index contributed by atoms with van der Waals surface area (Å²) in [4.78, 5) is 4.56. The van der Waals surface area contributed by atoms with Gasteiger partial charge in [0.15, 0.2) is 0 Å². The molecule has 2 rings (SSSR count). The zero-order valence-electron chi connectivity index (χ0n) is 10.4. The maximum absolute atomic E-state index is 5.79. The molecule has 17 heavy (non-hydrogen) atoms. The average molecular weight is 231 g/mol. The Morgan fingerprint density at radius 1 is 1.35 bits per heavy atom. The molecule has 0 radical (unpaired) electrons. The third kappa shape index (κ3) is 1.91. The Morgan fingerprint density at radius 2 is 2.06 bits per heavy atom. The number of nitrogens with two attached hydrogens (primary N) is 1. The van der Waals surface area contributed by atoms with Crippen molar-refractivity contribution in [2.24, 2.45) is 12.8 Å². The van der Waals surface area contributed by atoms with Crippen molar-refractivity contribution in [3.05, 3.63) is 35.8 Å². The Balaban J connectivity index is 2.64. The summed E-state index contributed by atoms with van der Waals surface area (Å²) in [5, 5.41) is 0. The van der Waals surface area contributed by atoms with Crippen molar-refractivity contribution >= 4 is 0 Å². The van der Waals surface area contributed by atoms with Crippen molar-refractivity contribution in [1.29, 1.82) is 0 Å². The molecular formula is C13H17N3O. The summed E-state index contributed by atoms with van der Waals surface area (Å²) >= 11 is 0. The van der Waals surface area contributed by atoms with Gasteiger partial charge in [0, 0.05) is 19.2 Å². The highest BCUT2D eigenvalue weighted by Gasteiger charge is 2.15. The summed E-state index contributed by atoms with van der Waals surface area (Å²) in [6.07, 6.45) is 0. The van der Waals surface area contributed by atoms with Crippen LogP contribution in [0.5, 0.6) is 5.75 Å². The van der Waals surface area contributed by atoms with Crippen LogP contribution in [0.4, 0.5) is 0 Å². The molecule has 0 aliphatic carbocycles. The van der Waals surface area contributed by atoms with Crippen LogP contribution in [-0.2, 0) is 13.6 Å². The molecule has 0 amide bonds. The van der Waals surface area contributed by atoms with E-state index in [1.165, 1.54) is 0 Å². The van der Waals surface area contributed by atoms with Crippen molar-refractivity contribution in [2.75, 3.05) is 7.11 Å². The van der Waals surface area contributed by atoms with Crippen LogP contribution in [0.15, 0.2) is 24.3 Å². The van der Waals surface area contributed by atoms with Crippen molar-refractivity contribution in [3.8, 4) is 17.0 Å². The fourth-order valence-corrected chi connectivity index (χ4v) is 1.95. The molecule has 0 spiro atoms. The normalized spacial score (nSPS) is 10.6. The standard InChI is InChI=1S/C13H17N3O/c1-9-15-13(11(8-14)16(9)2)10-6-4-5-7-12(10)17-3/h4-7H,8,14H2,1-3H3. The highest BCUT2D eigenvalue weighted by molar-refractivity contribution is 5.69. The van der Waals surface area contributed by atoms with E-state index >= 15 is 0 Å². The van der Waals surface area contributed by atoms with Crippen LogP contribution in [0.1, 0.15) is 11.5 Å². The summed E-state index contributed by atoms with van der Waals surface area (Å²) in [5.41, 5.74) is 8.71. The average Bonchev–Trinajstić information content (AvgIpc) is 2.65. The van der Waals surface area contributed by atoms with Crippen LogP contribution in [-0.4, -0.2) is 16.7 Å². The first kappa shape index (κ1) is 11.7. The van der Waals surface area contributed by atoms with Gasteiger partial charge in [-0.1, -0.05) is 12.1 Å². The molecular weight excluding hydrogens is 214 g/mol. The smallest absolute Gasteiger partial charge is 0.128 e. The molecule has 0 aliphatic rings. The maximum atomic E-state index is 5.79. The summed E-state index contributed by atoms with van der Waals surface area (Å²) < 4.78 is 7.37. The lowest BCUT2D eigenvalue weighted by Crippen LogP contribution is -2.05. The number of aryl methyl sites for hydroxylation is 1. The predicted molar refractivity (Wildman–Crippen MR) is 67.8 cm³/mol. The van der Waals surface area contributed by atoms with Crippen LogP contribution in [0.3, 0.4) is 0 Å². The number of ether oxygens (including phenoxy) is 1. The summed E-state index contributed by atoms with van der Waals surface area (Å²) in [5.74, 6) is 1.77. The molecule has 1 aromatic carbocycles. The molecule has 0 bridgehead atoms. The molecule has 4 nitrogen and oxygen atoms in total. The maximum Gasteiger partial charge on any atom is 0.128 e. The lowest BCUT2D eigenvalue weighted by molar-refractivity contribution is 0.416. The van der Waals surface area contributed by atoms with Gasteiger partial charge in [0.1, 0.15) is 11.6 Å². The van der Waals surface area contributed by atoms with Crippen molar-refractivity contribution in [1.82, 2.24) is 9.55 Å². The Hall–Kier alpha value is -1.81. The van der Waals surface area contributed by atoms with E-state index in [1.807, 2.05) is 42.8 Å². The number of hydrogen-bond donors (Lipinski definition) is 1. The number of aromatic nitrogens is 2. The second-order valence-electron chi connectivity index (χ2n) is 3.92. The number of rotatable bonds is 3. The SMILES string of the molecule is COc1ccccc1-c1nc(C)n(C)c1CN. The molecule has 0 saturated carbocycles. The number of nitrogens with zero attached hydrogens (tertiary/aromatic N) is 2. The third-order valence-corrected chi connectivity index (χ3v) is 2.99. The summed E-state index contributed by atoms with van der Waals surface area (Å²) in [6.45, 7) is 2.43. The van der Waals surface area contributed by atoms with Gasteiger partial charge in [-0.3, -0.25) is 0 Å². The third-order valence-electron chi connectivity index (χ3n) is 2.99. The van der Waals surface area contributed by atoms with E-state index in [1.54, 1.807) is 7.11 Å². The number of hydrogen-bond acceptors (Lipinski definition) is 3. The van der Waals surface area contributed by atoms with Crippen molar-refractivity contribution < 1.29 is 4.74 Å². The lowest BCUT2D eigenvalue weighted by atomic mass is 10.1. The molecule has 0 unspecified atom stereocenters. The van der Waals surface area contributed by atoms with Crippen LogP contribution in [0, 0.1) is 6.92 Å². The first-order valence-corrected chi connectivity index (χ1v) is 5.54. The zero-order chi connectivity index (χ0) is 12.4. The number of methoxy groups -OCH3 is 1. The monoisotopic (exact) mass is 231 g/mol. The fraction of sp³-hybridized carbons (Fsp3) is 0.308. The summed E-state index contributed by atoms with van der Waals surface area (Å²) in [7, 11) is 3.64. The Labute approximate surface area is 101 Å². The van der Waals surface area contributed by atoms with E-state index in [2.05, 4.69) is 4.98 Å². The van der Waals surface area contributed by atoms with Crippen LogP contribution in [0.2, 0.25) is 0 Å². The van der Waals surface area contributed by atoms with Crippen molar-refractivity contribution in [3.63, 3.8) is 0 Å². The van der Waals surface area contributed by atoms with Gasteiger partial charge >= 0.3 is 0 Å². The van der Waals surface area contributed by atoms with Gasteiger partial charge in [-0.15, -0.1) is 0 Å². The van der Waals surface area contributed by atoms with E-state index in [0.717, 1.165) is 28.5 Å². The Morgan fingerprint density at radius 3 is 2.71 bits per heavy atom. The number of imidazole rings is 1. The molecule has 0 atom stereocenters. The van der Waals surface area contributed by atoms with E-state index < -0.39 is 0 Å². The molecule has 2 aromatic rings. The Kier molecular flexibility index (Phi) is 3.15. The molecule has 0 fully saturated rings. The van der Waals surface area contributed by atoms with Gasteiger partial charge < -0.3 is 15.0 Å². The van der Waals surface area contributed by atoms with Gasteiger partial charge in [0.25, 0.3) is 0 Å². The second kappa shape index (κ2) is 4.59. The number of para-hydroxylation sites is 1. The molecule has 4 heteroatoms. The minimum atomic E-state index is 0.463. The fourth-order valence-electron chi connectivity index (χ4n) is 1.95. The summed E-state index contributed by atoms with van der Waals surface area (Å²) in [6, 6.07) is 7.85. The quantitative estimate of drug-likeness (QED) is 0.877. The van der Waals surface area contributed by atoms with E-state index in [0.29, 0.717) is 6.54 Å². The number of benzene rings is 1. The highest BCUT2D eigenvalue weighted by atomic mass is 16.5. The zero-order valence-corrected chi connectivity index (χ0v) is 10.4. The van der Waals surface area contributed by atoms with Gasteiger partial charge in [0.2, 0.25) is 0 Å². The minimum absolute atomic E-state index is 0.463. The van der Waals surface area contributed by atoms with Gasteiger partial charge in [-0.2, -0.15) is 0 Å². The molecule has 1 aromatic heterocycles. The van der Waals surface area contributed by atoms with Crippen LogP contribution < -0.4 is 10.5 Å². The molecule has 0 aliphatic heterocycles. The van der Waals surface area contributed by atoms with Crippen molar-refractivity contribution in [2.45, 2.75) is 13.5 Å².